The monoisotopic (exact) mass is 338 g/mol. The van der Waals surface area contributed by atoms with Gasteiger partial charge in [0.05, 0.1) is 25.2 Å². The molecule has 1 saturated heterocycles. The number of hydrogen-bond donors (Lipinski definition) is 0. The fourth-order valence-electron chi connectivity index (χ4n) is 2.77. The number of amides is 1. The normalized spacial score (nSPS) is 20.3. The zero-order valence-corrected chi connectivity index (χ0v) is 13.8. The van der Waals surface area contributed by atoms with Gasteiger partial charge in [-0.15, -0.1) is 0 Å². The molecule has 0 aliphatic carbocycles. The van der Waals surface area contributed by atoms with Crippen LogP contribution in [0.2, 0.25) is 0 Å². The SMILES string of the molecule is COC1=C(C(=O)N2CCOCC2)N(C)S(=O)(=O)c2ccccc21. The minimum Gasteiger partial charge on any atom is -0.494 e. The van der Waals surface area contributed by atoms with E-state index in [1.165, 1.54) is 20.2 Å². The van der Waals surface area contributed by atoms with E-state index in [0.29, 0.717) is 31.9 Å². The van der Waals surface area contributed by atoms with E-state index in [9.17, 15) is 13.2 Å². The van der Waals surface area contributed by atoms with Gasteiger partial charge in [-0.1, -0.05) is 12.1 Å². The Balaban J connectivity index is 2.16. The maximum atomic E-state index is 12.9. The van der Waals surface area contributed by atoms with Crippen molar-refractivity contribution in [2.75, 3.05) is 40.5 Å². The van der Waals surface area contributed by atoms with Gasteiger partial charge in [0.15, 0.2) is 11.5 Å². The number of methoxy groups -OCH3 is 1. The first-order valence-corrected chi connectivity index (χ1v) is 8.66. The predicted molar refractivity (Wildman–Crippen MR) is 82.7 cm³/mol. The average molecular weight is 338 g/mol. The van der Waals surface area contributed by atoms with Gasteiger partial charge in [0.1, 0.15) is 0 Å². The van der Waals surface area contributed by atoms with Crippen molar-refractivity contribution in [3.63, 3.8) is 0 Å². The molecule has 23 heavy (non-hydrogen) atoms. The maximum Gasteiger partial charge on any atom is 0.275 e. The van der Waals surface area contributed by atoms with Crippen LogP contribution >= 0.6 is 0 Å². The summed E-state index contributed by atoms with van der Waals surface area (Å²) in [6.45, 7) is 1.73. The summed E-state index contributed by atoms with van der Waals surface area (Å²) in [7, 11) is -0.972. The van der Waals surface area contributed by atoms with Gasteiger partial charge in [0.2, 0.25) is 0 Å². The minimum atomic E-state index is -3.78. The lowest BCUT2D eigenvalue weighted by atomic mass is 10.1. The van der Waals surface area contributed by atoms with E-state index in [-0.39, 0.29) is 22.3 Å². The number of rotatable bonds is 2. The summed E-state index contributed by atoms with van der Waals surface area (Å²) in [5, 5.41) is 0. The molecule has 1 fully saturated rings. The van der Waals surface area contributed by atoms with Crippen LogP contribution in [0.1, 0.15) is 5.56 Å². The van der Waals surface area contributed by atoms with E-state index in [4.69, 9.17) is 9.47 Å². The highest BCUT2D eigenvalue weighted by molar-refractivity contribution is 7.89. The second kappa shape index (κ2) is 5.86. The molecule has 0 radical (unpaired) electrons. The number of nitrogens with zero attached hydrogens (tertiary/aromatic N) is 2. The number of sulfonamides is 1. The van der Waals surface area contributed by atoms with Gasteiger partial charge >= 0.3 is 0 Å². The Bertz CT molecular complexity index is 766. The Kier molecular flexibility index (Phi) is 4.03. The summed E-state index contributed by atoms with van der Waals surface area (Å²) in [6.07, 6.45) is 0. The Labute approximate surface area is 135 Å². The van der Waals surface area contributed by atoms with Crippen molar-refractivity contribution in [1.29, 1.82) is 0 Å². The number of fused-ring (bicyclic) bond motifs is 1. The first kappa shape index (κ1) is 15.8. The topological polar surface area (TPSA) is 76.2 Å². The highest BCUT2D eigenvalue weighted by Crippen LogP contribution is 2.36. The first-order chi connectivity index (χ1) is 11.0. The number of ether oxygens (including phenoxy) is 2. The number of morpholine rings is 1. The zero-order chi connectivity index (χ0) is 16.6. The van der Waals surface area contributed by atoms with Crippen molar-refractivity contribution in [2.45, 2.75) is 4.90 Å². The number of carbonyl (C=O) groups excluding carboxylic acids is 1. The fourth-order valence-corrected chi connectivity index (χ4v) is 4.16. The molecule has 0 unspecified atom stereocenters. The third kappa shape index (κ3) is 2.47. The van der Waals surface area contributed by atoms with Crippen molar-refractivity contribution in [2.24, 2.45) is 0 Å². The van der Waals surface area contributed by atoms with Crippen LogP contribution in [-0.2, 0) is 24.3 Å². The average Bonchev–Trinajstić information content (AvgIpc) is 2.58. The fraction of sp³-hybridized carbons (Fsp3) is 0.400. The predicted octanol–water partition coefficient (Wildman–Crippen LogP) is 0.495. The highest BCUT2D eigenvalue weighted by Gasteiger charge is 2.40. The van der Waals surface area contributed by atoms with Crippen LogP contribution in [0, 0.1) is 0 Å². The molecular formula is C15H18N2O5S. The number of hydrogen-bond acceptors (Lipinski definition) is 5. The van der Waals surface area contributed by atoms with Gasteiger partial charge in [-0.3, -0.25) is 9.10 Å². The second-order valence-corrected chi connectivity index (χ2v) is 7.19. The molecular weight excluding hydrogens is 320 g/mol. The highest BCUT2D eigenvalue weighted by atomic mass is 32.2. The summed E-state index contributed by atoms with van der Waals surface area (Å²) in [5.74, 6) is -0.0971. The molecule has 2 aliphatic heterocycles. The number of benzene rings is 1. The Morgan fingerprint density at radius 1 is 1.22 bits per heavy atom. The largest absolute Gasteiger partial charge is 0.494 e. The molecule has 2 aliphatic rings. The standard InChI is InChI=1S/C15H18N2O5S/c1-16-13(15(18)17-7-9-22-10-8-17)14(21-2)11-5-3-4-6-12(11)23(16,19)20/h3-6H,7-10H2,1-2H3. The van der Waals surface area contributed by atoms with Gasteiger partial charge in [-0.2, -0.15) is 0 Å². The van der Waals surface area contributed by atoms with Gasteiger partial charge in [-0.05, 0) is 12.1 Å². The Hall–Kier alpha value is -2.06. The van der Waals surface area contributed by atoms with Crippen molar-refractivity contribution in [3.8, 4) is 0 Å². The van der Waals surface area contributed by atoms with Crippen LogP contribution in [0.5, 0.6) is 0 Å². The summed E-state index contributed by atoms with van der Waals surface area (Å²) in [6, 6.07) is 6.52. The van der Waals surface area contributed by atoms with E-state index in [0.717, 1.165) is 4.31 Å². The molecule has 1 amide bonds. The molecule has 0 atom stereocenters. The maximum absolute atomic E-state index is 12.9. The van der Waals surface area contributed by atoms with Gasteiger partial charge in [-0.25, -0.2) is 8.42 Å². The summed E-state index contributed by atoms with van der Waals surface area (Å²) >= 11 is 0. The summed E-state index contributed by atoms with van der Waals surface area (Å²) in [5.41, 5.74) is 0.442. The van der Waals surface area contributed by atoms with E-state index < -0.39 is 10.0 Å². The van der Waals surface area contributed by atoms with Crippen LogP contribution in [0.25, 0.3) is 5.76 Å². The summed E-state index contributed by atoms with van der Waals surface area (Å²) < 4.78 is 37.1. The van der Waals surface area contributed by atoms with Crippen molar-refractivity contribution >= 4 is 21.7 Å². The van der Waals surface area contributed by atoms with Crippen LogP contribution < -0.4 is 0 Å². The molecule has 8 heteroatoms. The Morgan fingerprint density at radius 3 is 2.52 bits per heavy atom. The van der Waals surface area contributed by atoms with Gasteiger partial charge in [0, 0.05) is 25.7 Å². The van der Waals surface area contributed by atoms with E-state index in [1.807, 2.05) is 0 Å². The smallest absolute Gasteiger partial charge is 0.275 e. The Morgan fingerprint density at radius 2 is 1.87 bits per heavy atom. The zero-order valence-electron chi connectivity index (χ0n) is 13.0. The lowest BCUT2D eigenvalue weighted by Crippen LogP contribution is -2.46. The van der Waals surface area contributed by atoms with E-state index in [1.54, 1.807) is 23.1 Å². The van der Waals surface area contributed by atoms with Crippen LogP contribution in [-0.4, -0.2) is 64.0 Å². The molecule has 3 rings (SSSR count). The van der Waals surface area contributed by atoms with Crippen molar-refractivity contribution in [1.82, 2.24) is 9.21 Å². The van der Waals surface area contributed by atoms with E-state index >= 15 is 0 Å². The van der Waals surface area contributed by atoms with Crippen molar-refractivity contribution < 1.29 is 22.7 Å². The quantitative estimate of drug-likeness (QED) is 0.785. The molecule has 2 heterocycles. The number of likely N-dealkylation sites (N-methyl/N-ethyl adjacent to an activating group) is 1. The second-order valence-electron chi connectivity index (χ2n) is 5.26. The minimum absolute atomic E-state index is 0.0353. The molecule has 1 aromatic carbocycles. The molecule has 0 aromatic heterocycles. The van der Waals surface area contributed by atoms with E-state index in [2.05, 4.69) is 0 Å². The van der Waals surface area contributed by atoms with Gasteiger partial charge in [0.25, 0.3) is 15.9 Å². The third-order valence-corrected chi connectivity index (χ3v) is 5.82. The van der Waals surface area contributed by atoms with Gasteiger partial charge < -0.3 is 14.4 Å². The molecule has 124 valence electrons. The molecule has 1 aromatic rings. The molecule has 0 saturated carbocycles. The first-order valence-electron chi connectivity index (χ1n) is 7.22. The lowest BCUT2D eigenvalue weighted by molar-refractivity contribution is -0.132. The summed E-state index contributed by atoms with van der Waals surface area (Å²) in [4.78, 5) is 14.6. The number of carbonyl (C=O) groups is 1. The van der Waals surface area contributed by atoms with Crippen LogP contribution in [0.3, 0.4) is 0 Å². The third-order valence-electron chi connectivity index (χ3n) is 4.01. The van der Waals surface area contributed by atoms with Crippen LogP contribution in [0.15, 0.2) is 34.9 Å². The molecule has 7 nitrogen and oxygen atoms in total. The molecule has 0 spiro atoms. The van der Waals surface area contributed by atoms with Crippen LogP contribution in [0.4, 0.5) is 0 Å². The molecule has 0 N–H and O–H groups in total. The lowest BCUT2D eigenvalue weighted by Gasteiger charge is -2.34. The molecule has 0 bridgehead atoms. The van der Waals surface area contributed by atoms with Crippen molar-refractivity contribution in [3.05, 3.63) is 35.5 Å².